The molecular weight excluding hydrogens is 481 g/mol. The molecule has 5 rings (SSSR count). The first-order chi connectivity index (χ1) is 17.4. The molecule has 184 valence electrons. The van der Waals surface area contributed by atoms with Crippen molar-refractivity contribution in [3.8, 4) is 0 Å². The van der Waals surface area contributed by atoms with E-state index in [0.29, 0.717) is 48.8 Å². The Bertz CT molecular complexity index is 1320. The van der Waals surface area contributed by atoms with Crippen LogP contribution in [0.4, 0.5) is 15.8 Å². The Morgan fingerprint density at radius 1 is 1.06 bits per heavy atom. The van der Waals surface area contributed by atoms with Crippen LogP contribution in [-0.2, 0) is 14.3 Å². The second-order valence-electron chi connectivity index (χ2n) is 8.95. The monoisotopic (exact) mass is 505 g/mol. The van der Waals surface area contributed by atoms with Gasteiger partial charge in [-0.3, -0.25) is 9.59 Å². The number of benzene rings is 2. The Morgan fingerprint density at radius 2 is 1.83 bits per heavy atom. The molecule has 0 radical (unpaired) electrons. The highest BCUT2D eigenvalue weighted by molar-refractivity contribution is 6.31. The molecule has 0 aromatic heterocycles. The lowest BCUT2D eigenvalue weighted by Gasteiger charge is -2.20. The molecule has 0 bridgehead atoms. The molecule has 36 heavy (non-hydrogen) atoms. The fourth-order valence-corrected chi connectivity index (χ4v) is 4.33. The van der Waals surface area contributed by atoms with Crippen LogP contribution >= 0.6 is 11.6 Å². The number of halogens is 2. The van der Waals surface area contributed by atoms with Gasteiger partial charge in [0.05, 0.1) is 0 Å². The summed E-state index contributed by atoms with van der Waals surface area (Å²) in [5, 5.41) is 9.57. The minimum absolute atomic E-state index is 0.356. The summed E-state index contributed by atoms with van der Waals surface area (Å²) in [6, 6.07) is 11.2. The molecule has 8 heteroatoms. The molecule has 1 aliphatic heterocycles. The highest BCUT2D eigenvalue weighted by Gasteiger charge is 2.56. The van der Waals surface area contributed by atoms with Gasteiger partial charge in [-0.05, 0) is 73.0 Å². The van der Waals surface area contributed by atoms with E-state index in [4.69, 9.17) is 16.3 Å². The van der Waals surface area contributed by atoms with Crippen molar-refractivity contribution in [3.63, 3.8) is 0 Å². The molecule has 3 aliphatic rings. The van der Waals surface area contributed by atoms with Crippen LogP contribution < -0.4 is 16.0 Å². The van der Waals surface area contributed by atoms with E-state index in [1.165, 1.54) is 24.3 Å². The minimum atomic E-state index is -1.11. The molecule has 0 spiro atoms. The average molecular weight is 506 g/mol. The van der Waals surface area contributed by atoms with E-state index >= 15 is 0 Å². The van der Waals surface area contributed by atoms with Crippen molar-refractivity contribution in [2.45, 2.75) is 19.3 Å². The van der Waals surface area contributed by atoms with E-state index in [-0.39, 0.29) is 11.8 Å². The first kappa shape index (κ1) is 23.9. The summed E-state index contributed by atoms with van der Waals surface area (Å²) < 4.78 is 19.2. The zero-order valence-corrected chi connectivity index (χ0v) is 20.2. The first-order valence-corrected chi connectivity index (χ1v) is 12.1. The summed E-state index contributed by atoms with van der Waals surface area (Å²) in [6.07, 6.45) is 10.9. The van der Waals surface area contributed by atoms with Gasteiger partial charge in [-0.25, -0.2) is 4.39 Å². The van der Waals surface area contributed by atoms with Gasteiger partial charge >= 0.3 is 0 Å². The van der Waals surface area contributed by atoms with Crippen molar-refractivity contribution in [3.05, 3.63) is 101 Å². The van der Waals surface area contributed by atoms with Crippen LogP contribution in [-0.4, -0.2) is 25.0 Å². The molecule has 0 atom stereocenters. The predicted octanol–water partition coefficient (Wildman–Crippen LogP) is 5.57. The van der Waals surface area contributed by atoms with Crippen LogP contribution in [0.2, 0.25) is 5.02 Å². The van der Waals surface area contributed by atoms with E-state index in [9.17, 15) is 14.0 Å². The predicted molar refractivity (Wildman–Crippen MR) is 139 cm³/mol. The summed E-state index contributed by atoms with van der Waals surface area (Å²) in [6.45, 7) is 1.12. The van der Waals surface area contributed by atoms with E-state index < -0.39 is 11.2 Å². The lowest BCUT2D eigenvalue weighted by Crippen LogP contribution is -2.39. The number of amides is 2. The van der Waals surface area contributed by atoms with Crippen LogP contribution in [0.1, 0.15) is 24.8 Å². The van der Waals surface area contributed by atoms with Crippen LogP contribution in [0.15, 0.2) is 84.3 Å². The third-order valence-corrected chi connectivity index (χ3v) is 6.66. The number of anilines is 2. The number of hydrogen-bond donors (Lipinski definition) is 3. The van der Waals surface area contributed by atoms with E-state index in [1.807, 2.05) is 30.4 Å². The molecule has 2 aromatic rings. The summed E-state index contributed by atoms with van der Waals surface area (Å²) >= 11 is 6.10. The van der Waals surface area contributed by atoms with Crippen molar-refractivity contribution in [2.75, 3.05) is 23.8 Å². The number of rotatable bonds is 7. The maximum absolute atomic E-state index is 13.1. The number of allylic oxidation sites excluding steroid dienone is 4. The van der Waals surface area contributed by atoms with Crippen molar-refractivity contribution in [1.82, 2.24) is 5.32 Å². The van der Waals surface area contributed by atoms with Gasteiger partial charge in [0.2, 0.25) is 11.8 Å². The second-order valence-corrected chi connectivity index (χ2v) is 9.38. The highest BCUT2D eigenvalue weighted by atomic mass is 35.5. The normalized spacial score (nSPS) is 17.3. The second kappa shape index (κ2) is 10.0. The van der Waals surface area contributed by atoms with Crippen molar-refractivity contribution in [2.24, 2.45) is 5.41 Å². The van der Waals surface area contributed by atoms with Gasteiger partial charge < -0.3 is 20.7 Å². The molecule has 0 unspecified atom stereocenters. The molecule has 2 amide bonds. The van der Waals surface area contributed by atoms with Crippen LogP contribution in [0.25, 0.3) is 5.57 Å². The molecule has 2 aromatic carbocycles. The maximum Gasteiger partial charge on any atom is 0.240 e. The lowest BCUT2D eigenvalue weighted by molar-refractivity contribution is -0.133. The van der Waals surface area contributed by atoms with Crippen molar-refractivity contribution < 1.29 is 18.7 Å². The van der Waals surface area contributed by atoms with E-state index in [2.05, 4.69) is 22.0 Å². The summed E-state index contributed by atoms with van der Waals surface area (Å²) in [5.41, 5.74) is 3.05. The SMILES string of the molecule is O=C(NC1=CC=C(OCC2=CCNc3cc(Cl)ccc32)CC=C1)C1(C(=O)Nc2ccc(F)cc2)CC1. The van der Waals surface area contributed by atoms with Crippen LogP contribution in [0.5, 0.6) is 0 Å². The van der Waals surface area contributed by atoms with Gasteiger partial charge in [0.15, 0.2) is 0 Å². The quantitative estimate of drug-likeness (QED) is 0.430. The average Bonchev–Trinajstić information content (AvgIpc) is 3.70. The van der Waals surface area contributed by atoms with Gasteiger partial charge in [-0.1, -0.05) is 29.8 Å². The number of hydrogen-bond acceptors (Lipinski definition) is 4. The largest absolute Gasteiger partial charge is 0.493 e. The van der Waals surface area contributed by atoms with Gasteiger partial charge in [0.1, 0.15) is 23.6 Å². The molecule has 1 saturated carbocycles. The van der Waals surface area contributed by atoms with E-state index in [1.54, 1.807) is 12.2 Å². The van der Waals surface area contributed by atoms with E-state index in [0.717, 1.165) is 22.6 Å². The molecule has 2 aliphatic carbocycles. The third-order valence-electron chi connectivity index (χ3n) is 6.43. The number of carbonyl (C=O) groups excluding carboxylic acids is 2. The molecule has 0 saturated heterocycles. The molecular formula is C28H25ClFN3O3. The first-order valence-electron chi connectivity index (χ1n) is 11.7. The maximum atomic E-state index is 13.1. The van der Waals surface area contributed by atoms with Crippen LogP contribution in [0, 0.1) is 11.2 Å². The molecule has 1 fully saturated rings. The van der Waals surface area contributed by atoms with Crippen molar-refractivity contribution >= 4 is 40.4 Å². The number of fused-ring (bicyclic) bond motifs is 1. The third kappa shape index (κ3) is 5.21. The Labute approximate surface area is 213 Å². The van der Waals surface area contributed by atoms with Crippen molar-refractivity contribution in [1.29, 1.82) is 0 Å². The van der Waals surface area contributed by atoms with Gasteiger partial charge in [-0.15, -0.1) is 0 Å². The summed E-state index contributed by atoms with van der Waals surface area (Å²) in [5.74, 6) is -0.370. The van der Waals surface area contributed by atoms with Gasteiger partial charge in [-0.2, -0.15) is 0 Å². The lowest BCUT2D eigenvalue weighted by atomic mass is 10.0. The van der Waals surface area contributed by atoms with Crippen LogP contribution in [0.3, 0.4) is 0 Å². The minimum Gasteiger partial charge on any atom is -0.493 e. The Kier molecular flexibility index (Phi) is 6.65. The molecule has 6 nitrogen and oxygen atoms in total. The van der Waals surface area contributed by atoms with Gasteiger partial charge in [0, 0.05) is 40.6 Å². The number of carbonyl (C=O) groups is 2. The fraction of sp³-hybridized carbons (Fsp3) is 0.214. The zero-order valence-electron chi connectivity index (χ0n) is 19.4. The molecule has 3 N–H and O–H groups in total. The Balaban J connectivity index is 1.19. The Hall–Kier alpha value is -3.84. The Morgan fingerprint density at radius 3 is 2.61 bits per heavy atom. The smallest absolute Gasteiger partial charge is 0.240 e. The fourth-order valence-electron chi connectivity index (χ4n) is 4.16. The highest BCUT2D eigenvalue weighted by Crippen LogP contribution is 2.47. The molecule has 1 heterocycles. The summed E-state index contributed by atoms with van der Waals surface area (Å²) in [7, 11) is 0. The zero-order chi connectivity index (χ0) is 25.1. The summed E-state index contributed by atoms with van der Waals surface area (Å²) in [4.78, 5) is 25.7. The number of nitrogens with one attached hydrogen (secondary N) is 3. The number of ether oxygens (including phenoxy) is 1. The standard InChI is InChI=1S/C28H25ClFN3O3/c29-19-4-11-24-18(12-15-31-25(24)16-19)17-36-23-3-1-2-21(9-10-23)32-26(34)28(13-14-28)27(35)33-22-7-5-20(30)6-8-22/h1-2,4-12,16,31H,3,13-15,17H2,(H,32,34)(H,33,35). The topological polar surface area (TPSA) is 79.5 Å². The van der Waals surface area contributed by atoms with Gasteiger partial charge in [0.25, 0.3) is 0 Å².